The van der Waals surface area contributed by atoms with Gasteiger partial charge >= 0.3 is 0 Å². The maximum Gasteiger partial charge on any atom is -0.0329 e. The second kappa shape index (κ2) is 62.8. The number of hydrogen-bond acceptors (Lipinski definition) is 0. The maximum atomic E-state index is 3.00. The van der Waals surface area contributed by atoms with Gasteiger partial charge in [0.25, 0.3) is 0 Å². The van der Waals surface area contributed by atoms with Crippen LogP contribution in [-0.4, -0.2) is 0 Å². The van der Waals surface area contributed by atoms with E-state index in [4.69, 9.17) is 0 Å². The Morgan fingerprint density at radius 2 is 0.968 bits per heavy atom. The largest absolute Gasteiger partial charge is 0.106 e. The van der Waals surface area contributed by atoms with Gasteiger partial charge in [0, 0.05) is 0 Å². The third kappa shape index (κ3) is 57.8. The van der Waals surface area contributed by atoms with Crippen molar-refractivity contribution in [2.24, 2.45) is 64.6 Å². The first-order chi connectivity index (χ1) is 29.5. The van der Waals surface area contributed by atoms with Crippen LogP contribution in [0.4, 0.5) is 0 Å². The van der Waals surface area contributed by atoms with Crippen molar-refractivity contribution in [3.63, 3.8) is 0 Å². The van der Waals surface area contributed by atoms with Crippen LogP contribution in [0.1, 0.15) is 328 Å². The van der Waals surface area contributed by atoms with Crippen LogP contribution in [-0.2, 0) is 0 Å². The Kier molecular flexibility index (Phi) is 79.9. The van der Waals surface area contributed by atoms with E-state index >= 15 is 0 Å². The van der Waals surface area contributed by atoms with Crippen molar-refractivity contribution in [3.05, 3.63) is 13.2 Å². The van der Waals surface area contributed by atoms with Gasteiger partial charge in [-0.15, -0.1) is 13.2 Å². The van der Waals surface area contributed by atoms with Gasteiger partial charge in [0.1, 0.15) is 0 Å². The van der Waals surface area contributed by atoms with Crippen molar-refractivity contribution in [2.75, 3.05) is 0 Å². The molecule has 0 aromatic carbocycles. The maximum absolute atomic E-state index is 3.00. The Labute approximate surface area is 403 Å². The molecule has 0 aromatic heterocycles. The molecule has 0 spiro atoms. The van der Waals surface area contributed by atoms with Crippen LogP contribution in [0.2, 0.25) is 0 Å². The average molecular weight is 884 g/mol. The molecule has 0 amide bonds. The van der Waals surface area contributed by atoms with E-state index in [9.17, 15) is 0 Å². The van der Waals surface area contributed by atoms with Crippen LogP contribution in [0.3, 0.4) is 0 Å². The van der Waals surface area contributed by atoms with E-state index in [1.165, 1.54) is 148 Å². The summed E-state index contributed by atoms with van der Waals surface area (Å²) in [5.41, 5.74) is 0.547. The fraction of sp³-hybridized carbons (Fsp3) is 0.968. The molecule has 0 aliphatic heterocycles. The van der Waals surface area contributed by atoms with Crippen molar-refractivity contribution in [1.29, 1.82) is 0 Å². The molecule has 1 aliphatic carbocycles. The average Bonchev–Trinajstić information content (AvgIpc) is 3.30. The van der Waals surface area contributed by atoms with Gasteiger partial charge in [-0.2, -0.15) is 0 Å². The van der Waals surface area contributed by atoms with E-state index in [0.29, 0.717) is 5.41 Å². The molecule has 0 heteroatoms. The Morgan fingerprint density at radius 1 is 0.484 bits per heavy atom. The topological polar surface area (TPSA) is 0 Å². The summed E-state index contributed by atoms with van der Waals surface area (Å²) in [6.07, 6.45) is 32.7. The van der Waals surface area contributed by atoms with Crippen molar-refractivity contribution in [3.8, 4) is 0 Å². The lowest BCUT2D eigenvalue weighted by molar-refractivity contribution is 0.198. The normalized spacial score (nSPS) is 14.9. The molecule has 6 unspecified atom stereocenters. The summed E-state index contributed by atoms with van der Waals surface area (Å²) in [7, 11) is 0. The minimum atomic E-state index is 0.547. The zero-order chi connectivity index (χ0) is 50.5. The molecule has 0 bridgehead atoms. The minimum Gasteiger partial charge on any atom is -0.106 e. The fourth-order valence-electron chi connectivity index (χ4n) is 8.42. The fourth-order valence-corrected chi connectivity index (χ4v) is 8.42. The smallest absolute Gasteiger partial charge is 0.0329 e. The van der Waals surface area contributed by atoms with Crippen LogP contribution in [0.5, 0.6) is 0 Å². The van der Waals surface area contributed by atoms with E-state index in [1.807, 2.05) is 55.4 Å². The molecule has 0 nitrogen and oxygen atoms in total. The van der Waals surface area contributed by atoms with E-state index in [2.05, 4.69) is 138 Å². The van der Waals surface area contributed by atoms with Crippen LogP contribution in [0.15, 0.2) is 13.2 Å². The monoisotopic (exact) mass is 883 g/mol. The van der Waals surface area contributed by atoms with E-state index in [1.54, 1.807) is 0 Å². The highest BCUT2D eigenvalue weighted by Gasteiger charge is 2.23. The van der Waals surface area contributed by atoms with Crippen molar-refractivity contribution >= 4 is 0 Å². The van der Waals surface area contributed by atoms with Crippen molar-refractivity contribution in [1.82, 2.24) is 0 Å². The van der Waals surface area contributed by atoms with E-state index in [-0.39, 0.29) is 0 Å². The molecule has 0 radical (unpaired) electrons. The lowest BCUT2D eigenvalue weighted by atomic mass is 9.75. The van der Waals surface area contributed by atoms with E-state index < -0.39 is 0 Å². The molecule has 0 aromatic rings. The summed E-state index contributed by atoms with van der Waals surface area (Å²) < 4.78 is 0. The minimum absolute atomic E-state index is 0.547. The van der Waals surface area contributed by atoms with Crippen LogP contribution >= 0.6 is 0 Å². The second-order valence-electron chi connectivity index (χ2n) is 20.1. The van der Waals surface area contributed by atoms with E-state index in [0.717, 1.165) is 59.2 Å². The van der Waals surface area contributed by atoms with Gasteiger partial charge in [0.2, 0.25) is 0 Å². The number of rotatable bonds is 25. The predicted octanol–water partition coefficient (Wildman–Crippen LogP) is 24.3. The highest BCUT2D eigenvalue weighted by Crippen LogP contribution is 2.35. The first kappa shape index (κ1) is 78.9. The molecule has 0 heterocycles. The lowest BCUT2D eigenvalue weighted by Crippen LogP contribution is -2.20. The standard InChI is InChI=1S/C15H32.C14H30.C13H26.C10H22.4C2H6.C2H4/c1-6-9-14(5)11-8-12-15(10-7-2)13(3)4;1-7-13(4)14(5,6)11-9-8-10-12(2)3;1-4-11(2)12(3)10-13-8-6-5-7-9-13;1-5-9(4)8-10(6-2)7-3;5*1-2/h13-15H,6-12H2,1-5H3;12-13H,7-11H2,1-6H3;11-13H,4-10H2,1-3H3;9-10H,5-8H2,1-4H3;4*1-2H3;1-2H2. The van der Waals surface area contributed by atoms with Gasteiger partial charge in [0.05, 0.1) is 0 Å². The zero-order valence-electron chi connectivity index (χ0n) is 50.0. The van der Waals surface area contributed by atoms with Gasteiger partial charge in [-0.1, -0.05) is 308 Å². The quantitative estimate of drug-likeness (QED) is 0.0633. The third-order valence-corrected chi connectivity index (χ3v) is 14.1. The molecule has 6 atom stereocenters. The van der Waals surface area contributed by atoms with Crippen molar-refractivity contribution in [2.45, 2.75) is 328 Å². The van der Waals surface area contributed by atoms with Gasteiger partial charge < -0.3 is 0 Å². The van der Waals surface area contributed by atoms with Crippen LogP contribution < -0.4 is 0 Å². The third-order valence-electron chi connectivity index (χ3n) is 14.1. The molecule has 1 fully saturated rings. The van der Waals surface area contributed by atoms with Gasteiger partial charge in [-0.25, -0.2) is 0 Å². The Balaban J connectivity index is -0.0000000981. The van der Waals surface area contributed by atoms with Crippen molar-refractivity contribution < 1.29 is 0 Å². The summed E-state index contributed by atoms with van der Waals surface area (Å²) in [5.74, 6) is 9.41. The van der Waals surface area contributed by atoms with Crippen LogP contribution in [0, 0.1) is 64.6 Å². The Hall–Kier alpha value is -0.260. The molecule has 1 aliphatic rings. The molecule has 0 saturated heterocycles. The molecule has 1 saturated carbocycles. The van der Waals surface area contributed by atoms with Gasteiger partial charge in [0.15, 0.2) is 0 Å². The first-order valence-electron chi connectivity index (χ1n) is 29.0. The number of unbranched alkanes of at least 4 members (excludes halogenated alkanes) is 1. The molecule has 1 rings (SSSR count). The summed E-state index contributed by atoms with van der Waals surface area (Å²) in [4.78, 5) is 0. The second-order valence-corrected chi connectivity index (χ2v) is 20.1. The Morgan fingerprint density at radius 3 is 1.34 bits per heavy atom. The Bertz CT molecular complexity index is 691. The highest BCUT2D eigenvalue weighted by atomic mass is 14.3. The molecular formula is C62H138. The predicted molar refractivity (Wildman–Crippen MR) is 302 cm³/mol. The molecular weight excluding hydrogens is 745 g/mol. The highest BCUT2D eigenvalue weighted by molar-refractivity contribution is 4.74. The SMILES string of the molecule is C=C.CC.CC.CC.CC.CCC(C)C(C)(C)CCCCC(C)C.CCC(C)C(C)CC1CCCCC1.CCC(C)CC(CC)CC.CCCC(C)CCCC(CCC)C(C)C. The van der Waals surface area contributed by atoms with Gasteiger partial charge in [-0.3, -0.25) is 0 Å². The summed E-state index contributed by atoms with van der Waals surface area (Å²) in [5, 5.41) is 0. The lowest BCUT2D eigenvalue weighted by Gasteiger charge is -2.31. The number of hydrogen-bond donors (Lipinski definition) is 0. The zero-order valence-corrected chi connectivity index (χ0v) is 50.0. The summed E-state index contributed by atoms with van der Waals surface area (Å²) in [6.45, 7) is 64.4. The molecule has 386 valence electrons. The summed E-state index contributed by atoms with van der Waals surface area (Å²) in [6, 6.07) is 0. The first-order valence-corrected chi connectivity index (χ1v) is 29.0. The summed E-state index contributed by atoms with van der Waals surface area (Å²) >= 11 is 0. The van der Waals surface area contributed by atoms with Gasteiger partial charge in [-0.05, 0) is 83.9 Å². The molecule has 62 heavy (non-hydrogen) atoms. The van der Waals surface area contributed by atoms with Crippen LogP contribution in [0.25, 0.3) is 0 Å². The molecule has 0 N–H and O–H groups in total.